The Balaban J connectivity index is 1.70. The number of carbonyl (C=O) groups is 1. The van der Waals surface area contributed by atoms with Crippen molar-refractivity contribution in [1.82, 2.24) is 19.7 Å². The van der Waals surface area contributed by atoms with Crippen LogP contribution < -0.4 is 4.90 Å². The minimum Gasteiger partial charge on any atom is -0.468 e. The Morgan fingerprint density at radius 3 is 2.72 bits per heavy atom. The quantitative estimate of drug-likeness (QED) is 0.613. The molecular formula is C22H27N5O2. The molecule has 7 nitrogen and oxygen atoms in total. The molecule has 1 aliphatic heterocycles. The van der Waals surface area contributed by atoms with Gasteiger partial charge in [-0.3, -0.25) is 4.79 Å². The van der Waals surface area contributed by atoms with Crippen LogP contribution in [0.25, 0.3) is 11.0 Å². The molecule has 152 valence electrons. The summed E-state index contributed by atoms with van der Waals surface area (Å²) in [6.07, 6.45) is 6.72. The molecule has 1 fully saturated rings. The van der Waals surface area contributed by atoms with E-state index in [1.54, 1.807) is 17.2 Å². The van der Waals surface area contributed by atoms with Crippen molar-refractivity contribution in [3.05, 3.63) is 47.9 Å². The van der Waals surface area contributed by atoms with E-state index in [4.69, 9.17) is 4.74 Å². The third-order valence-electron chi connectivity index (χ3n) is 5.68. The number of methoxy groups -OCH3 is 1. The van der Waals surface area contributed by atoms with Crippen LogP contribution in [0.4, 0.5) is 5.82 Å². The standard InChI is InChI=1S/C22H27N5O2/c1-15(2)16-7-9-17(10-8-16)19-6-4-5-11-26(19)21-18-12-25-27(13-20(28)29-3)22(18)24-14-23-21/h7-10,12,14-15,19H,4-6,11,13H2,1-3H3/t19-/m0/s1. The number of ether oxygens (including phenoxy) is 1. The molecule has 0 bridgehead atoms. The molecule has 4 rings (SSSR count). The van der Waals surface area contributed by atoms with Crippen LogP contribution in [0.15, 0.2) is 36.8 Å². The fourth-order valence-electron chi connectivity index (χ4n) is 4.05. The summed E-state index contributed by atoms with van der Waals surface area (Å²) in [4.78, 5) is 23.0. The normalized spacial score (nSPS) is 17.1. The summed E-state index contributed by atoms with van der Waals surface area (Å²) in [5.41, 5.74) is 3.31. The summed E-state index contributed by atoms with van der Waals surface area (Å²) in [6, 6.07) is 9.23. The highest BCUT2D eigenvalue weighted by atomic mass is 16.5. The van der Waals surface area contributed by atoms with Crippen molar-refractivity contribution >= 4 is 22.8 Å². The Hall–Kier alpha value is -2.96. The van der Waals surface area contributed by atoms with Gasteiger partial charge in [0, 0.05) is 6.54 Å². The molecule has 1 aliphatic rings. The van der Waals surface area contributed by atoms with Crippen LogP contribution >= 0.6 is 0 Å². The first kappa shape index (κ1) is 19.4. The molecular weight excluding hydrogens is 366 g/mol. The van der Waals surface area contributed by atoms with Gasteiger partial charge in [-0.15, -0.1) is 0 Å². The van der Waals surface area contributed by atoms with Gasteiger partial charge in [0.2, 0.25) is 0 Å². The number of rotatable bonds is 5. The highest BCUT2D eigenvalue weighted by Gasteiger charge is 2.27. The molecule has 1 aromatic carbocycles. The summed E-state index contributed by atoms with van der Waals surface area (Å²) in [6.45, 7) is 5.40. The second kappa shape index (κ2) is 8.19. The van der Waals surface area contributed by atoms with Gasteiger partial charge in [-0.1, -0.05) is 38.1 Å². The lowest BCUT2D eigenvalue weighted by atomic mass is 9.93. The number of carbonyl (C=O) groups excluding carboxylic acids is 1. The number of hydrogen-bond acceptors (Lipinski definition) is 6. The van der Waals surface area contributed by atoms with Crippen LogP contribution in [-0.4, -0.2) is 39.4 Å². The molecule has 3 aromatic rings. The third-order valence-corrected chi connectivity index (χ3v) is 5.68. The van der Waals surface area contributed by atoms with Crippen LogP contribution in [-0.2, 0) is 16.1 Å². The van der Waals surface area contributed by atoms with E-state index in [0.29, 0.717) is 11.6 Å². The first-order valence-corrected chi connectivity index (χ1v) is 10.2. The number of benzene rings is 1. The van der Waals surface area contributed by atoms with Gasteiger partial charge < -0.3 is 9.64 Å². The smallest absolute Gasteiger partial charge is 0.327 e. The van der Waals surface area contributed by atoms with Crippen molar-refractivity contribution in [1.29, 1.82) is 0 Å². The molecule has 0 aliphatic carbocycles. The summed E-state index contributed by atoms with van der Waals surface area (Å²) < 4.78 is 6.34. The van der Waals surface area contributed by atoms with E-state index in [-0.39, 0.29) is 18.6 Å². The highest BCUT2D eigenvalue weighted by Crippen LogP contribution is 2.37. The minimum absolute atomic E-state index is 0.0382. The van der Waals surface area contributed by atoms with Crippen LogP contribution in [0.1, 0.15) is 56.2 Å². The maximum absolute atomic E-state index is 11.7. The molecule has 1 saturated heterocycles. The zero-order chi connectivity index (χ0) is 20.4. The van der Waals surface area contributed by atoms with Crippen molar-refractivity contribution in [3.63, 3.8) is 0 Å². The predicted octanol–water partition coefficient (Wildman–Crippen LogP) is 3.85. The predicted molar refractivity (Wildman–Crippen MR) is 112 cm³/mol. The highest BCUT2D eigenvalue weighted by molar-refractivity contribution is 5.87. The van der Waals surface area contributed by atoms with Crippen molar-refractivity contribution in [2.45, 2.75) is 51.6 Å². The Bertz CT molecular complexity index is 996. The van der Waals surface area contributed by atoms with E-state index in [2.05, 4.69) is 58.1 Å². The average molecular weight is 393 g/mol. The van der Waals surface area contributed by atoms with Gasteiger partial charge in [-0.25, -0.2) is 14.6 Å². The third kappa shape index (κ3) is 3.81. The lowest BCUT2D eigenvalue weighted by Gasteiger charge is -2.37. The van der Waals surface area contributed by atoms with E-state index < -0.39 is 0 Å². The molecule has 0 radical (unpaired) electrons. The van der Waals surface area contributed by atoms with Gasteiger partial charge in [-0.05, 0) is 36.3 Å². The van der Waals surface area contributed by atoms with Crippen molar-refractivity contribution in [3.8, 4) is 0 Å². The fourth-order valence-corrected chi connectivity index (χ4v) is 4.05. The molecule has 3 heterocycles. The Morgan fingerprint density at radius 1 is 1.21 bits per heavy atom. The second-order valence-electron chi connectivity index (χ2n) is 7.84. The molecule has 0 saturated carbocycles. The molecule has 0 amide bonds. The van der Waals surface area contributed by atoms with E-state index in [0.717, 1.165) is 30.6 Å². The molecule has 0 spiro atoms. The number of anilines is 1. The zero-order valence-corrected chi connectivity index (χ0v) is 17.2. The van der Waals surface area contributed by atoms with E-state index >= 15 is 0 Å². The lowest BCUT2D eigenvalue weighted by Crippen LogP contribution is -2.34. The SMILES string of the molecule is COC(=O)Cn1ncc2c(N3CCCC[C@H]3c3ccc(C(C)C)cc3)ncnc21. The molecule has 7 heteroatoms. The van der Waals surface area contributed by atoms with Gasteiger partial charge in [0.15, 0.2) is 5.65 Å². The zero-order valence-electron chi connectivity index (χ0n) is 17.2. The topological polar surface area (TPSA) is 73.1 Å². The number of hydrogen-bond donors (Lipinski definition) is 0. The molecule has 2 aromatic heterocycles. The summed E-state index contributed by atoms with van der Waals surface area (Å²) in [5, 5.41) is 5.22. The van der Waals surface area contributed by atoms with E-state index in [1.165, 1.54) is 24.7 Å². The number of fused-ring (bicyclic) bond motifs is 1. The average Bonchev–Trinajstić information content (AvgIpc) is 3.16. The van der Waals surface area contributed by atoms with Crippen molar-refractivity contribution < 1.29 is 9.53 Å². The molecule has 0 unspecified atom stereocenters. The largest absolute Gasteiger partial charge is 0.468 e. The van der Waals surface area contributed by atoms with Crippen LogP contribution in [0.3, 0.4) is 0 Å². The number of nitrogens with zero attached hydrogens (tertiary/aromatic N) is 5. The first-order valence-electron chi connectivity index (χ1n) is 10.2. The maximum atomic E-state index is 11.7. The fraction of sp³-hybridized carbons (Fsp3) is 0.455. The summed E-state index contributed by atoms with van der Waals surface area (Å²) >= 11 is 0. The van der Waals surface area contributed by atoms with Gasteiger partial charge in [-0.2, -0.15) is 5.10 Å². The van der Waals surface area contributed by atoms with Gasteiger partial charge >= 0.3 is 5.97 Å². The van der Waals surface area contributed by atoms with E-state index in [1.807, 2.05) is 0 Å². The summed E-state index contributed by atoms with van der Waals surface area (Å²) in [5.74, 6) is 1.05. The number of aromatic nitrogens is 4. The lowest BCUT2D eigenvalue weighted by molar-refractivity contribution is -0.141. The summed E-state index contributed by atoms with van der Waals surface area (Å²) in [7, 11) is 1.37. The van der Waals surface area contributed by atoms with Gasteiger partial charge in [0.25, 0.3) is 0 Å². The van der Waals surface area contributed by atoms with Crippen LogP contribution in [0.5, 0.6) is 0 Å². The van der Waals surface area contributed by atoms with Gasteiger partial charge in [0.1, 0.15) is 18.7 Å². The van der Waals surface area contributed by atoms with Crippen LogP contribution in [0.2, 0.25) is 0 Å². The van der Waals surface area contributed by atoms with Crippen LogP contribution in [0, 0.1) is 0 Å². The monoisotopic (exact) mass is 393 g/mol. The molecule has 0 N–H and O–H groups in total. The number of esters is 1. The second-order valence-corrected chi connectivity index (χ2v) is 7.84. The molecule has 1 atom stereocenters. The Kier molecular flexibility index (Phi) is 5.47. The Morgan fingerprint density at radius 2 is 2.00 bits per heavy atom. The Labute approximate surface area is 170 Å². The van der Waals surface area contributed by atoms with Gasteiger partial charge in [0.05, 0.1) is 24.7 Å². The van der Waals surface area contributed by atoms with Crippen molar-refractivity contribution in [2.24, 2.45) is 0 Å². The first-order chi connectivity index (χ1) is 14.1. The molecule has 29 heavy (non-hydrogen) atoms. The van der Waals surface area contributed by atoms with Crippen molar-refractivity contribution in [2.75, 3.05) is 18.6 Å². The van der Waals surface area contributed by atoms with E-state index in [9.17, 15) is 4.79 Å². The maximum Gasteiger partial charge on any atom is 0.327 e. The minimum atomic E-state index is -0.351. The number of piperidine rings is 1.